The van der Waals surface area contributed by atoms with Crippen molar-refractivity contribution in [1.82, 2.24) is 9.80 Å². The molecule has 240 valence electrons. The molecule has 0 aliphatic carbocycles. The SMILES string of the molecule is COc1cc2ccc1Oc1cc3c(cc1OC)CCN(C)[C@H]3Cc1ccc(cc1)Oc1c(OC)c(OC)cc3c1[C@@H](C2)N(C)CC3. The van der Waals surface area contributed by atoms with Crippen molar-refractivity contribution in [3.05, 3.63) is 94.0 Å². The summed E-state index contributed by atoms with van der Waals surface area (Å²) in [4.78, 5) is 4.81. The number of nitrogens with zero attached hydrogens (tertiary/aromatic N) is 2. The van der Waals surface area contributed by atoms with E-state index in [9.17, 15) is 0 Å². The lowest BCUT2D eigenvalue weighted by Gasteiger charge is -2.36. The lowest BCUT2D eigenvalue weighted by molar-refractivity contribution is 0.221. The highest BCUT2D eigenvalue weighted by Gasteiger charge is 2.34. The van der Waals surface area contributed by atoms with Crippen molar-refractivity contribution < 1.29 is 28.4 Å². The molecule has 6 heterocycles. The van der Waals surface area contributed by atoms with Gasteiger partial charge in [0.2, 0.25) is 5.75 Å². The van der Waals surface area contributed by atoms with E-state index in [-0.39, 0.29) is 12.1 Å². The van der Waals surface area contributed by atoms with Gasteiger partial charge in [-0.3, -0.25) is 9.80 Å². The number of likely N-dealkylation sites (N-methyl/N-ethyl adjacent to an activating group) is 2. The van der Waals surface area contributed by atoms with E-state index < -0.39 is 0 Å². The Morgan fingerprint density at radius 1 is 0.609 bits per heavy atom. The van der Waals surface area contributed by atoms with Gasteiger partial charge in [0.1, 0.15) is 5.75 Å². The molecular formula is C38H42N2O6. The summed E-state index contributed by atoms with van der Waals surface area (Å²) in [6.07, 6.45) is 3.41. The van der Waals surface area contributed by atoms with Gasteiger partial charge in [-0.2, -0.15) is 0 Å². The molecule has 46 heavy (non-hydrogen) atoms. The third-order valence-electron chi connectivity index (χ3n) is 9.85. The topological polar surface area (TPSA) is 61.9 Å². The normalized spacial score (nSPS) is 19.2. The zero-order valence-corrected chi connectivity index (χ0v) is 27.5. The lowest BCUT2D eigenvalue weighted by atomic mass is 9.87. The molecule has 8 heteroatoms. The first-order chi connectivity index (χ1) is 22.4. The van der Waals surface area contributed by atoms with Crippen LogP contribution < -0.4 is 28.4 Å². The zero-order valence-electron chi connectivity index (χ0n) is 27.5. The molecule has 6 aliphatic rings. The molecule has 0 unspecified atom stereocenters. The second-order valence-electron chi connectivity index (χ2n) is 12.5. The summed E-state index contributed by atoms with van der Waals surface area (Å²) < 4.78 is 36.9. The van der Waals surface area contributed by atoms with Crippen LogP contribution in [0.15, 0.2) is 60.7 Å². The Morgan fingerprint density at radius 2 is 1.24 bits per heavy atom. The molecule has 0 radical (unpaired) electrons. The second-order valence-corrected chi connectivity index (χ2v) is 12.5. The van der Waals surface area contributed by atoms with E-state index in [4.69, 9.17) is 28.4 Å². The van der Waals surface area contributed by atoms with E-state index in [2.05, 4.69) is 78.5 Å². The van der Waals surface area contributed by atoms with Gasteiger partial charge < -0.3 is 28.4 Å². The zero-order chi connectivity index (χ0) is 31.9. The van der Waals surface area contributed by atoms with Gasteiger partial charge in [0.25, 0.3) is 0 Å². The Hall–Kier alpha value is -4.40. The summed E-state index contributed by atoms with van der Waals surface area (Å²) in [6, 6.07) is 21.3. The molecule has 4 aromatic rings. The maximum absolute atomic E-state index is 6.78. The highest BCUT2D eigenvalue weighted by Crippen LogP contribution is 2.50. The van der Waals surface area contributed by atoms with Crippen LogP contribution in [0.2, 0.25) is 0 Å². The van der Waals surface area contributed by atoms with Crippen LogP contribution in [0.4, 0.5) is 0 Å². The van der Waals surface area contributed by atoms with Crippen LogP contribution in [0.25, 0.3) is 0 Å². The van der Waals surface area contributed by atoms with Crippen LogP contribution in [-0.4, -0.2) is 65.4 Å². The van der Waals surface area contributed by atoms with Crippen molar-refractivity contribution in [2.75, 3.05) is 55.6 Å². The van der Waals surface area contributed by atoms with Gasteiger partial charge in [-0.1, -0.05) is 18.2 Å². The van der Waals surface area contributed by atoms with E-state index in [0.717, 1.165) is 61.4 Å². The van der Waals surface area contributed by atoms with Crippen molar-refractivity contribution in [3.8, 4) is 46.0 Å². The van der Waals surface area contributed by atoms with Crippen molar-refractivity contribution >= 4 is 0 Å². The van der Waals surface area contributed by atoms with E-state index in [1.165, 1.54) is 22.3 Å². The number of benzene rings is 4. The van der Waals surface area contributed by atoms with Gasteiger partial charge in [-0.15, -0.1) is 0 Å². The van der Waals surface area contributed by atoms with Crippen LogP contribution >= 0.6 is 0 Å². The Balaban J connectivity index is 1.42. The third-order valence-corrected chi connectivity index (χ3v) is 9.85. The summed E-state index contributed by atoms with van der Waals surface area (Å²) in [5, 5.41) is 0. The summed E-state index contributed by atoms with van der Waals surface area (Å²) >= 11 is 0. The van der Waals surface area contributed by atoms with Gasteiger partial charge in [-0.05, 0) is 110 Å². The third kappa shape index (κ3) is 5.39. The molecule has 6 bridgehead atoms. The molecule has 2 atom stereocenters. The smallest absolute Gasteiger partial charge is 0.204 e. The van der Waals surface area contributed by atoms with Crippen LogP contribution in [0.3, 0.4) is 0 Å². The van der Waals surface area contributed by atoms with Gasteiger partial charge in [0, 0.05) is 30.7 Å². The Morgan fingerprint density at radius 3 is 1.96 bits per heavy atom. The van der Waals surface area contributed by atoms with Gasteiger partial charge >= 0.3 is 0 Å². The number of hydrogen-bond donors (Lipinski definition) is 0. The standard InChI is InChI=1S/C38H42N2O6/c1-39-15-13-25-20-33(42-4)34-22-28(25)29(39)17-23-7-10-27(11-8-23)45-38-36-26(21-35(43-5)37(38)44-6)14-16-40(2)30(36)18-24-9-12-31(46-34)32(19-24)41-3/h7-12,19-22,29-30H,13-18H2,1-6H3/t29-,30+/m0/s1. The first-order valence-electron chi connectivity index (χ1n) is 15.9. The lowest BCUT2D eigenvalue weighted by Crippen LogP contribution is -2.34. The van der Waals surface area contributed by atoms with Gasteiger partial charge in [0.05, 0.1) is 28.4 Å². The minimum atomic E-state index is 0.0319. The maximum Gasteiger partial charge on any atom is 0.204 e. The fourth-order valence-electron chi connectivity index (χ4n) is 7.27. The largest absolute Gasteiger partial charge is 0.493 e. The summed E-state index contributed by atoms with van der Waals surface area (Å²) in [6.45, 7) is 1.88. The fraction of sp³-hybridized carbons (Fsp3) is 0.368. The molecule has 0 amide bonds. The molecule has 0 aromatic heterocycles. The summed E-state index contributed by atoms with van der Waals surface area (Å²) in [5.74, 6) is 5.44. The minimum absolute atomic E-state index is 0.0319. The van der Waals surface area contributed by atoms with E-state index >= 15 is 0 Å². The molecule has 0 fully saturated rings. The quantitative estimate of drug-likeness (QED) is 0.238. The predicted molar refractivity (Wildman–Crippen MR) is 178 cm³/mol. The Bertz CT molecular complexity index is 1750. The van der Waals surface area contributed by atoms with Crippen molar-refractivity contribution in [1.29, 1.82) is 0 Å². The number of hydrogen-bond acceptors (Lipinski definition) is 8. The minimum Gasteiger partial charge on any atom is -0.493 e. The number of methoxy groups -OCH3 is 4. The Labute approximate surface area is 271 Å². The molecule has 4 aromatic carbocycles. The van der Waals surface area contributed by atoms with E-state index in [0.29, 0.717) is 34.5 Å². The fourth-order valence-corrected chi connectivity index (χ4v) is 7.27. The molecule has 6 aliphatic heterocycles. The van der Waals surface area contributed by atoms with E-state index in [1.807, 2.05) is 6.07 Å². The molecular weight excluding hydrogens is 580 g/mol. The highest BCUT2D eigenvalue weighted by molar-refractivity contribution is 5.62. The van der Waals surface area contributed by atoms with Crippen LogP contribution in [0, 0.1) is 0 Å². The predicted octanol–water partition coefficient (Wildman–Crippen LogP) is 7.16. The van der Waals surface area contributed by atoms with Crippen molar-refractivity contribution in [2.45, 2.75) is 37.8 Å². The highest BCUT2D eigenvalue weighted by atomic mass is 16.5. The van der Waals surface area contributed by atoms with Crippen molar-refractivity contribution in [2.24, 2.45) is 0 Å². The summed E-state index contributed by atoms with van der Waals surface area (Å²) in [5.41, 5.74) is 7.20. The molecule has 0 spiro atoms. The molecule has 8 nitrogen and oxygen atoms in total. The second kappa shape index (κ2) is 12.4. The Kier molecular flexibility index (Phi) is 8.17. The monoisotopic (exact) mass is 622 g/mol. The van der Waals surface area contributed by atoms with Crippen LogP contribution in [0.1, 0.15) is 45.5 Å². The van der Waals surface area contributed by atoms with Crippen LogP contribution in [0.5, 0.6) is 46.0 Å². The average molecular weight is 623 g/mol. The molecule has 0 saturated carbocycles. The summed E-state index contributed by atoms with van der Waals surface area (Å²) in [7, 11) is 11.1. The first-order valence-corrected chi connectivity index (χ1v) is 15.9. The molecule has 0 saturated heterocycles. The number of rotatable bonds is 4. The number of ether oxygens (including phenoxy) is 6. The van der Waals surface area contributed by atoms with E-state index in [1.54, 1.807) is 28.4 Å². The molecule has 0 N–H and O–H groups in total. The van der Waals surface area contributed by atoms with Gasteiger partial charge in [0.15, 0.2) is 34.5 Å². The average Bonchev–Trinajstić information content (AvgIpc) is 3.07. The first kappa shape index (κ1) is 30.3. The van der Waals surface area contributed by atoms with Crippen molar-refractivity contribution in [3.63, 3.8) is 0 Å². The maximum atomic E-state index is 6.78. The molecule has 10 rings (SSSR count). The van der Waals surface area contributed by atoms with Gasteiger partial charge in [-0.25, -0.2) is 0 Å². The van der Waals surface area contributed by atoms with Crippen LogP contribution in [-0.2, 0) is 25.7 Å².